The number of carbonyl (C=O) groups is 2. The Kier molecular flexibility index (Phi) is 4.86. The highest BCUT2D eigenvalue weighted by atomic mass is 16.4. The molecule has 5 heteroatoms. The van der Waals surface area contributed by atoms with Gasteiger partial charge in [0.25, 0.3) is 5.91 Å². The van der Waals surface area contributed by atoms with Crippen LogP contribution in [0.25, 0.3) is 0 Å². The van der Waals surface area contributed by atoms with E-state index in [9.17, 15) is 14.7 Å². The number of aliphatic hydroxyl groups is 1. The van der Waals surface area contributed by atoms with E-state index in [1.807, 2.05) is 12.1 Å². The molecule has 1 fully saturated rings. The molecule has 5 nitrogen and oxygen atoms in total. The van der Waals surface area contributed by atoms with Crippen molar-refractivity contribution in [3.8, 4) is 0 Å². The molecule has 3 rings (SSSR count). The van der Waals surface area contributed by atoms with E-state index in [1.54, 1.807) is 53.4 Å². The van der Waals surface area contributed by atoms with Gasteiger partial charge in [0.05, 0.1) is 5.92 Å². The summed E-state index contributed by atoms with van der Waals surface area (Å²) in [5.41, 5.74) is -0.767. The molecule has 25 heavy (non-hydrogen) atoms. The van der Waals surface area contributed by atoms with Crippen LogP contribution in [0.1, 0.15) is 24.0 Å². The first kappa shape index (κ1) is 17.2. The summed E-state index contributed by atoms with van der Waals surface area (Å²) < 4.78 is 0. The van der Waals surface area contributed by atoms with Crippen molar-refractivity contribution in [3.05, 3.63) is 71.8 Å². The average molecular weight is 339 g/mol. The maximum absolute atomic E-state index is 13.2. The van der Waals surface area contributed by atoms with Gasteiger partial charge in [-0.05, 0) is 24.0 Å². The van der Waals surface area contributed by atoms with Crippen molar-refractivity contribution in [2.75, 3.05) is 13.1 Å². The van der Waals surface area contributed by atoms with E-state index in [-0.39, 0.29) is 0 Å². The monoisotopic (exact) mass is 339 g/mol. The zero-order valence-electron chi connectivity index (χ0n) is 13.8. The van der Waals surface area contributed by atoms with E-state index in [0.717, 1.165) is 0 Å². The molecule has 2 aromatic rings. The number of carbonyl (C=O) groups excluding carboxylic acids is 1. The van der Waals surface area contributed by atoms with Gasteiger partial charge in [-0.25, -0.2) is 0 Å². The molecule has 1 heterocycles. The van der Waals surface area contributed by atoms with E-state index >= 15 is 0 Å². The van der Waals surface area contributed by atoms with Gasteiger partial charge < -0.3 is 15.1 Å². The molecule has 0 spiro atoms. The molecule has 0 radical (unpaired) electrons. The van der Waals surface area contributed by atoms with Crippen LogP contribution in [0.15, 0.2) is 60.7 Å². The van der Waals surface area contributed by atoms with Crippen LogP contribution >= 0.6 is 0 Å². The van der Waals surface area contributed by atoms with Gasteiger partial charge in [0.1, 0.15) is 0 Å². The third-order valence-corrected chi connectivity index (χ3v) is 4.82. The lowest BCUT2D eigenvalue weighted by Gasteiger charge is -2.37. The highest BCUT2D eigenvalue weighted by Gasteiger charge is 2.43. The fraction of sp³-hybridized carbons (Fsp3) is 0.300. The zero-order valence-corrected chi connectivity index (χ0v) is 13.8. The molecule has 2 aromatic carbocycles. The third kappa shape index (κ3) is 3.28. The molecular formula is C20H21NO4. The van der Waals surface area contributed by atoms with Crippen LogP contribution in [-0.4, -0.2) is 40.1 Å². The molecule has 1 aliphatic rings. The van der Waals surface area contributed by atoms with Crippen LogP contribution in [0, 0.1) is 5.92 Å². The Morgan fingerprint density at radius 1 is 0.880 bits per heavy atom. The summed E-state index contributed by atoms with van der Waals surface area (Å²) in [7, 11) is 0. The molecule has 1 amide bonds. The van der Waals surface area contributed by atoms with Crippen LogP contribution < -0.4 is 0 Å². The quantitative estimate of drug-likeness (QED) is 0.895. The van der Waals surface area contributed by atoms with Crippen molar-refractivity contribution in [2.45, 2.75) is 18.4 Å². The number of hydrogen-bond donors (Lipinski definition) is 2. The molecule has 0 saturated carbocycles. The molecule has 0 aliphatic carbocycles. The zero-order chi connectivity index (χ0) is 17.9. The summed E-state index contributed by atoms with van der Waals surface area (Å²) in [4.78, 5) is 25.9. The van der Waals surface area contributed by atoms with E-state index in [2.05, 4.69) is 0 Å². The lowest BCUT2D eigenvalue weighted by atomic mass is 9.84. The van der Waals surface area contributed by atoms with Crippen molar-refractivity contribution < 1.29 is 19.8 Å². The minimum absolute atomic E-state index is 0.331. The van der Waals surface area contributed by atoms with Gasteiger partial charge in [-0.3, -0.25) is 9.59 Å². The van der Waals surface area contributed by atoms with E-state index in [0.29, 0.717) is 37.1 Å². The predicted octanol–water partition coefficient (Wildman–Crippen LogP) is 2.25. The lowest BCUT2D eigenvalue weighted by Crippen LogP contribution is -2.50. The number of benzene rings is 2. The Morgan fingerprint density at radius 3 is 1.72 bits per heavy atom. The van der Waals surface area contributed by atoms with Gasteiger partial charge in [-0.15, -0.1) is 0 Å². The van der Waals surface area contributed by atoms with Gasteiger partial charge in [-0.2, -0.15) is 0 Å². The smallest absolute Gasteiger partial charge is 0.306 e. The fourth-order valence-corrected chi connectivity index (χ4v) is 3.33. The van der Waals surface area contributed by atoms with Crippen molar-refractivity contribution in [2.24, 2.45) is 5.92 Å². The van der Waals surface area contributed by atoms with Crippen LogP contribution in [0.2, 0.25) is 0 Å². The van der Waals surface area contributed by atoms with Gasteiger partial charge in [-0.1, -0.05) is 60.7 Å². The lowest BCUT2D eigenvalue weighted by molar-refractivity contribution is -0.153. The number of rotatable bonds is 4. The number of aliphatic carboxylic acids is 1. The molecule has 0 aromatic heterocycles. The SMILES string of the molecule is O=C(O)C1CCN(C(=O)C(O)(c2ccccc2)c2ccccc2)CC1. The number of amides is 1. The summed E-state index contributed by atoms with van der Waals surface area (Å²) in [6.45, 7) is 0.662. The fourth-order valence-electron chi connectivity index (χ4n) is 3.33. The first-order valence-electron chi connectivity index (χ1n) is 8.39. The summed E-state index contributed by atoms with van der Waals surface area (Å²) in [6, 6.07) is 17.7. The Bertz CT molecular complexity index is 697. The molecule has 2 N–H and O–H groups in total. The van der Waals surface area contributed by atoms with Gasteiger partial charge in [0.15, 0.2) is 5.60 Å². The summed E-state index contributed by atoms with van der Waals surface area (Å²) >= 11 is 0. The number of likely N-dealkylation sites (tertiary alicyclic amines) is 1. The summed E-state index contributed by atoms with van der Waals surface area (Å²) in [6.07, 6.45) is 0.807. The van der Waals surface area contributed by atoms with Crippen molar-refractivity contribution in [1.29, 1.82) is 0 Å². The first-order chi connectivity index (χ1) is 12.0. The first-order valence-corrected chi connectivity index (χ1v) is 8.39. The van der Waals surface area contributed by atoms with Crippen LogP contribution in [0.3, 0.4) is 0 Å². The Labute approximate surface area is 146 Å². The van der Waals surface area contributed by atoms with E-state index in [4.69, 9.17) is 5.11 Å². The second kappa shape index (κ2) is 7.07. The standard InChI is InChI=1S/C20H21NO4/c22-18(23)15-11-13-21(14-12-15)19(24)20(25,16-7-3-1-4-8-16)17-9-5-2-6-10-17/h1-10,15,25H,11-14H2,(H,22,23). The molecule has 130 valence electrons. The minimum Gasteiger partial charge on any atom is -0.481 e. The Morgan fingerprint density at radius 2 is 1.32 bits per heavy atom. The van der Waals surface area contributed by atoms with Crippen molar-refractivity contribution in [3.63, 3.8) is 0 Å². The van der Waals surface area contributed by atoms with Crippen molar-refractivity contribution >= 4 is 11.9 Å². The number of carboxylic acids is 1. The molecule has 1 aliphatic heterocycles. The van der Waals surface area contributed by atoms with Gasteiger partial charge >= 0.3 is 5.97 Å². The molecule has 0 bridgehead atoms. The van der Waals surface area contributed by atoms with E-state index < -0.39 is 23.4 Å². The van der Waals surface area contributed by atoms with Gasteiger partial charge in [0, 0.05) is 13.1 Å². The highest BCUT2D eigenvalue weighted by Crippen LogP contribution is 2.33. The number of nitrogens with zero attached hydrogens (tertiary/aromatic N) is 1. The maximum atomic E-state index is 13.2. The van der Waals surface area contributed by atoms with Crippen LogP contribution in [0.5, 0.6) is 0 Å². The van der Waals surface area contributed by atoms with Crippen molar-refractivity contribution in [1.82, 2.24) is 4.90 Å². The largest absolute Gasteiger partial charge is 0.481 e. The summed E-state index contributed by atoms with van der Waals surface area (Å²) in [5.74, 6) is -1.66. The second-order valence-electron chi connectivity index (χ2n) is 6.35. The maximum Gasteiger partial charge on any atom is 0.306 e. The van der Waals surface area contributed by atoms with Gasteiger partial charge in [0.2, 0.25) is 0 Å². The summed E-state index contributed by atoms with van der Waals surface area (Å²) in [5, 5.41) is 20.6. The second-order valence-corrected chi connectivity index (χ2v) is 6.35. The molecule has 0 atom stereocenters. The predicted molar refractivity (Wildman–Crippen MR) is 92.8 cm³/mol. The van der Waals surface area contributed by atoms with E-state index in [1.165, 1.54) is 0 Å². The highest BCUT2D eigenvalue weighted by molar-refractivity contribution is 5.90. The topological polar surface area (TPSA) is 77.8 Å². The Hall–Kier alpha value is -2.66. The van der Waals surface area contributed by atoms with Crippen LogP contribution in [0.4, 0.5) is 0 Å². The third-order valence-electron chi connectivity index (χ3n) is 4.82. The minimum atomic E-state index is -1.78. The number of hydrogen-bond acceptors (Lipinski definition) is 3. The molecule has 0 unspecified atom stereocenters. The molecular weight excluding hydrogens is 318 g/mol. The van der Waals surface area contributed by atoms with Crippen LogP contribution in [-0.2, 0) is 15.2 Å². The normalized spacial score (nSPS) is 15.8. The number of carboxylic acid groups (broad SMARTS) is 1. The average Bonchev–Trinajstić information content (AvgIpc) is 2.68. The Balaban J connectivity index is 1.93. The number of piperidine rings is 1. The molecule has 1 saturated heterocycles.